The molecular weight excluding hydrogens is 263 g/mol. The molecule has 0 saturated carbocycles. The van der Waals surface area contributed by atoms with Gasteiger partial charge < -0.3 is 22.7 Å². The fourth-order valence-corrected chi connectivity index (χ4v) is 2.27. The average Bonchev–Trinajstić information content (AvgIpc) is 2.60. The fourth-order valence-electron chi connectivity index (χ4n) is 2.27. The monoisotopic (exact) mass is 274 g/mol. The van der Waals surface area contributed by atoms with Crippen LogP contribution >= 0.6 is 0 Å². The Bertz CT molecular complexity index is 339. The van der Waals surface area contributed by atoms with E-state index in [4.69, 9.17) is 0 Å². The molecule has 2 fully saturated rings. The van der Waals surface area contributed by atoms with E-state index in [9.17, 15) is 22.5 Å². The van der Waals surface area contributed by atoms with Crippen molar-refractivity contribution in [3.63, 3.8) is 0 Å². The minimum atomic E-state index is -5.07. The molecule has 0 N–H and O–H groups in total. The molecule has 90 valence electrons. The third-order valence-electron chi connectivity index (χ3n) is 2.92. The molecule has 17 heavy (non-hydrogen) atoms. The van der Waals surface area contributed by atoms with Gasteiger partial charge in [0.15, 0.2) is 0 Å². The van der Waals surface area contributed by atoms with Crippen molar-refractivity contribution >= 4 is 18.8 Å². The molecule has 2 heterocycles. The molecule has 0 bridgehead atoms. The number of amides is 2. The van der Waals surface area contributed by atoms with Crippen LogP contribution in [0.1, 0.15) is 12.8 Å². The van der Waals surface area contributed by atoms with Crippen molar-refractivity contribution in [2.75, 3.05) is 19.5 Å². The molecule has 1 unspecified atom stereocenters. The smallest absolute Gasteiger partial charge is 0.448 e. The van der Waals surface area contributed by atoms with Crippen molar-refractivity contribution in [1.82, 2.24) is 9.80 Å². The summed E-state index contributed by atoms with van der Waals surface area (Å²) in [4.78, 5) is 25.2. The second-order valence-electron chi connectivity index (χ2n) is 4.17. The number of piperazine rings is 1. The van der Waals surface area contributed by atoms with E-state index in [-0.39, 0.29) is 57.3 Å². The van der Waals surface area contributed by atoms with E-state index in [1.165, 1.54) is 4.90 Å². The van der Waals surface area contributed by atoms with Crippen LogP contribution in [0.2, 0.25) is 0 Å². The molecule has 2 rings (SSSR count). The van der Waals surface area contributed by atoms with Crippen molar-refractivity contribution < 1.29 is 73.9 Å². The zero-order valence-corrected chi connectivity index (χ0v) is 12.7. The van der Waals surface area contributed by atoms with Crippen LogP contribution in [-0.4, -0.2) is 54.2 Å². The molecule has 0 aromatic rings. The summed E-state index contributed by atoms with van der Waals surface area (Å²) in [5.41, 5.74) is 0. The van der Waals surface area contributed by atoms with Crippen LogP contribution < -0.4 is 51.4 Å². The molecule has 0 aromatic heterocycles. The van der Waals surface area contributed by atoms with E-state index in [1.54, 1.807) is 0 Å². The van der Waals surface area contributed by atoms with E-state index >= 15 is 0 Å². The zero-order valence-electron chi connectivity index (χ0n) is 9.54. The van der Waals surface area contributed by atoms with Crippen LogP contribution in [0.15, 0.2) is 0 Å². The Hall–Kier alpha value is 0.431. The summed E-state index contributed by atoms with van der Waals surface area (Å²) in [6.45, 7) is -5.02. The second-order valence-corrected chi connectivity index (χ2v) is 4.17. The van der Waals surface area contributed by atoms with Crippen LogP contribution in [0, 0.1) is 0 Å². The van der Waals surface area contributed by atoms with E-state index in [1.807, 2.05) is 0 Å². The molecule has 0 radical (unpaired) electrons. The minimum absolute atomic E-state index is 0. The number of carbonyl (C=O) groups excluding carboxylic acids is 2. The SMILES string of the molecule is O=C1C2CCCN2C(=O)CN1C[B-](F)(F)F.[K+]. The first-order chi connectivity index (χ1) is 7.38. The van der Waals surface area contributed by atoms with E-state index in [0.717, 1.165) is 0 Å². The van der Waals surface area contributed by atoms with Crippen LogP contribution in [-0.2, 0) is 9.59 Å². The summed E-state index contributed by atoms with van der Waals surface area (Å²) in [5.74, 6) is -0.932. The molecule has 0 aromatic carbocycles. The van der Waals surface area contributed by atoms with Gasteiger partial charge in [-0.2, -0.15) is 0 Å². The summed E-state index contributed by atoms with van der Waals surface area (Å²) < 4.78 is 36.7. The standard InChI is InChI=1S/C8H11BF3N2O2.K/c10-9(11,12)5-13-4-7(15)14-3-1-2-6(14)8(13)16;/h6H,1-5H2;/q-1;+1. The maximum atomic E-state index is 12.2. The molecule has 0 spiro atoms. The van der Waals surface area contributed by atoms with Gasteiger partial charge in [0.05, 0.1) is 6.54 Å². The topological polar surface area (TPSA) is 40.6 Å². The van der Waals surface area contributed by atoms with Gasteiger partial charge in [0.2, 0.25) is 11.8 Å². The molecule has 2 aliphatic heterocycles. The van der Waals surface area contributed by atoms with E-state index in [2.05, 4.69) is 0 Å². The number of fused-ring (bicyclic) bond motifs is 1. The minimum Gasteiger partial charge on any atom is -0.448 e. The Kier molecular flexibility index (Phi) is 5.10. The third kappa shape index (κ3) is 3.46. The molecule has 0 aliphatic carbocycles. The average molecular weight is 274 g/mol. The predicted octanol–water partition coefficient (Wildman–Crippen LogP) is -2.79. The Morgan fingerprint density at radius 1 is 1.29 bits per heavy atom. The van der Waals surface area contributed by atoms with Crippen molar-refractivity contribution in [1.29, 1.82) is 0 Å². The molecule has 2 aliphatic rings. The Morgan fingerprint density at radius 2 is 1.94 bits per heavy atom. The van der Waals surface area contributed by atoms with Gasteiger partial charge >= 0.3 is 58.4 Å². The van der Waals surface area contributed by atoms with Gasteiger partial charge in [-0.05, 0) is 19.3 Å². The number of halogens is 3. The van der Waals surface area contributed by atoms with Gasteiger partial charge in [0.1, 0.15) is 6.04 Å². The molecule has 2 saturated heterocycles. The quantitative estimate of drug-likeness (QED) is 0.511. The number of carbonyl (C=O) groups is 2. The normalized spacial score (nSPS) is 24.8. The fraction of sp³-hybridized carbons (Fsp3) is 0.750. The van der Waals surface area contributed by atoms with Crippen molar-refractivity contribution in [3.05, 3.63) is 0 Å². The van der Waals surface area contributed by atoms with Gasteiger partial charge in [-0.15, -0.1) is 0 Å². The summed E-state index contributed by atoms with van der Waals surface area (Å²) in [6, 6.07) is -0.653. The first-order valence-corrected chi connectivity index (χ1v) is 5.18. The number of rotatable bonds is 2. The van der Waals surface area contributed by atoms with Crippen molar-refractivity contribution in [3.8, 4) is 0 Å². The van der Waals surface area contributed by atoms with Crippen LogP contribution in [0.5, 0.6) is 0 Å². The van der Waals surface area contributed by atoms with Crippen molar-refractivity contribution in [2.45, 2.75) is 18.9 Å². The Balaban J connectivity index is 0.00000144. The molecular formula is C8H11BF3KN2O2. The summed E-state index contributed by atoms with van der Waals surface area (Å²) in [5, 5.41) is 0. The number of hydrogen-bond acceptors (Lipinski definition) is 2. The molecule has 4 nitrogen and oxygen atoms in total. The maximum Gasteiger partial charge on any atom is 1.00 e. The first-order valence-electron chi connectivity index (χ1n) is 5.18. The predicted molar refractivity (Wildman–Crippen MR) is 50.4 cm³/mol. The van der Waals surface area contributed by atoms with Gasteiger partial charge in [-0.3, -0.25) is 9.59 Å². The Morgan fingerprint density at radius 3 is 2.53 bits per heavy atom. The van der Waals surface area contributed by atoms with E-state index in [0.29, 0.717) is 24.3 Å². The largest absolute Gasteiger partial charge is 1.00 e. The van der Waals surface area contributed by atoms with E-state index < -0.39 is 31.9 Å². The summed E-state index contributed by atoms with van der Waals surface area (Å²) in [7, 11) is 0. The maximum absolute atomic E-state index is 12.2. The summed E-state index contributed by atoms with van der Waals surface area (Å²) >= 11 is 0. The van der Waals surface area contributed by atoms with Gasteiger partial charge in [-0.25, -0.2) is 0 Å². The number of hydrogen-bond donors (Lipinski definition) is 0. The first kappa shape index (κ1) is 15.5. The second kappa shape index (κ2) is 5.60. The van der Waals surface area contributed by atoms with Gasteiger partial charge in [0, 0.05) is 6.54 Å². The van der Waals surface area contributed by atoms with Crippen LogP contribution in [0.4, 0.5) is 12.9 Å². The third-order valence-corrected chi connectivity index (χ3v) is 2.92. The Labute approximate surface area is 139 Å². The molecule has 2 amide bonds. The van der Waals surface area contributed by atoms with Gasteiger partial charge in [-0.1, -0.05) is 0 Å². The van der Waals surface area contributed by atoms with Gasteiger partial charge in [0.25, 0.3) is 0 Å². The van der Waals surface area contributed by atoms with Crippen LogP contribution in [0.3, 0.4) is 0 Å². The zero-order chi connectivity index (χ0) is 11.9. The number of nitrogens with zero attached hydrogens (tertiary/aromatic N) is 2. The summed E-state index contributed by atoms with van der Waals surface area (Å²) in [6.07, 6.45) is -0.103. The van der Waals surface area contributed by atoms with Crippen molar-refractivity contribution in [2.24, 2.45) is 0 Å². The van der Waals surface area contributed by atoms with Crippen LogP contribution in [0.25, 0.3) is 0 Å². The molecule has 1 atom stereocenters. The molecule has 9 heteroatoms.